The maximum absolute atomic E-state index is 13.1. The molecule has 10 heteroatoms. The Bertz CT molecular complexity index is 1350. The number of nitrogens with one attached hydrogen (secondary N) is 2. The van der Waals surface area contributed by atoms with Gasteiger partial charge in [-0.3, -0.25) is 9.59 Å². The SMILES string of the molecule is CC(=O)N1CCc2cc(S(=O)(=O)N[C@H](C(=O)Nc3nc4ccc(C)cc4s3)C(C)C)ccc21. The minimum Gasteiger partial charge on any atom is -0.312 e. The lowest BCUT2D eigenvalue weighted by Gasteiger charge is -2.21. The number of benzene rings is 2. The third-order valence-electron chi connectivity index (χ3n) is 5.64. The highest BCUT2D eigenvalue weighted by Gasteiger charge is 2.30. The Labute approximate surface area is 197 Å². The molecule has 3 aromatic rings. The van der Waals surface area contributed by atoms with E-state index in [0.717, 1.165) is 27.0 Å². The van der Waals surface area contributed by atoms with Crippen molar-refractivity contribution in [3.8, 4) is 0 Å². The Hall–Kier alpha value is -2.82. The number of carbonyl (C=O) groups excluding carboxylic acids is 2. The van der Waals surface area contributed by atoms with Crippen LogP contribution < -0.4 is 14.9 Å². The number of hydrogen-bond donors (Lipinski definition) is 2. The molecule has 0 bridgehead atoms. The molecular weight excluding hydrogens is 460 g/mol. The maximum atomic E-state index is 13.1. The summed E-state index contributed by atoms with van der Waals surface area (Å²) in [5, 5.41) is 3.19. The van der Waals surface area contributed by atoms with Crippen molar-refractivity contribution >= 4 is 54.2 Å². The second kappa shape index (κ2) is 8.85. The summed E-state index contributed by atoms with van der Waals surface area (Å²) >= 11 is 1.35. The van der Waals surface area contributed by atoms with E-state index in [1.807, 2.05) is 25.1 Å². The minimum absolute atomic E-state index is 0.0700. The summed E-state index contributed by atoms with van der Waals surface area (Å²) in [7, 11) is -3.96. The molecule has 0 aliphatic carbocycles. The van der Waals surface area contributed by atoms with Gasteiger partial charge < -0.3 is 10.2 Å². The van der Waals surface area contributed by atoms with Gasteiger partial charge in [0.05, 0.1) is 15.1 Å². The van der Waals surface area contributed by atoms with Crippen molar-refractivity contribution in [2.45, 2.75) is 45.1 Å². The van der Waals surface area contributed by atoms with E-state index in [9.17, 15) is 18.0 Å². The lowest BCUT2D eigenvalue weighted by molar-refractivity contribution is -0.118. The normalized spacial score (nSPS) is 14.5. The molecule has 1 aliphatic rings. The average molecular weight is 487 g/mol. The number of rotatable bonds is 6. The number of thiazole rings is 1. The first-order valence-electron chi connectivity index (χ1n) is 10.7. The number of fused-ring (bicyclic) bond motifs is 2. The van der Waals surface area contributed by atoms with Gasteiger partial charge in [0, 0.05) is 19.2 Å². The number of aromatic nitrogens is 1. The molecule has 1 aliphatic heterocycles. The first-order valence-corrected chi connectivity index (χ1v) is 13.0. The molecule has 1 aromatic heterocycles. The molecule has 2 heterocycles. The van der Waals surface area contributed by atoms with Gasteiger partial charge in [-0.05, 0) is 60.7 Å². The summed E-state index contributed by atoms with van der Waals surface area (Å²) in [5.74, 6) is -0.837. The van der Waals surface area contributed by atoms with Crippen LogP contribution in [0.25, 0.3) is 10.2 Å². The van der Waals surface area contributed by atoms with E-state index in [0.29, 0.717) is 18.1 Å². The highest BCUT2D eigenvalue weighted by atomic mass is 32.2. The first-order chi connectivity index (χ1) is 15.5. The third-order valence-corrected chi connectivity index (χ3v) is 8.01. The minimum atomic E-state index is -3.96. The van der Waals surface area contributed by atoms with Crippen LogP contribution in [0.4, 0.5) is 10.8 Å². The van der Waals surface area contributed by atoms with Crippen molar-refractivity contribution in [3.05, 3.63) is 47.5 Å². The predicted molar refractivity (Wildman–Crippen MR) is 130 cm³/mol. The van der Waals surface area contributed by atoms with E-state index in [1.54, 1.807) is 30.9 Å². The summed E-state index contributed by atoms with van der Waals surface area (Å²) in [4.78, 5) is 30.9. The Kier molecular flexibility index (Phi) is 6.26. The molecule has 2 amide bonds. The zero-order valence-corrected chi connectivity index (χ0v) is 20.5. The van der Waals surface area contributed by atoms with Crippen molar-refractivity contribution in [1.29, 1.82) is 0 Å². The van der Waals surface area contributed by atoms with Gasteiger partial charge in [-0.2, -0.15) is 4.72 Å². The molecule has 1 atom stereocenters. The monoisotopic (exact) mass is 486 g/mol. The number of nitrogens with zero attached hydrogens (tertiary/aromatic N) is 2. The molecule has 0 unspecified atom stereocenters. The smallest absolute Gasteiger partial charge is 0.244 e. The first kappa shape index (κ1) is 23.3. The zero-order chi connectivity index (χ0) is 23.9. The second-order valence-electron chi connectivity index (χ2n) is 8.53. The van der Waals surface area contributed by atoms with Crippen molar-refractivity contribution in [2.75, 3.05) is 16.8 Å². The van der Waals surface area contributed by atoms with Crippen LogP contribution in [0.3, 0.4) is 0 Å². The predicted octanol–water partition coefficient (Wildman–Crippen LogP) is 3.46. The molecule has 2 aromatic carbocycles. The van der Waals surface area contributed by atoms with Crippen molar-refractivity contribution in [3.63, 3.8) is 0 Å². The van der Waals surface area contributed by atoms with Gasteiger partial charge in [-0.15, -0.1) is 0 Å². The molecule has 0 saturated carbocycles. The molecule has 0 saturated heterocycles. The lowest BCUT2D eigenvalue weighted by Crippen LogP contribution is -2.47. The molecular formula is C23H26N4O4S2. The van der Waals surface area contributed by atoms with Crippen molar-refractivity contribution in [1.82, 2.24) is 9.71 Å². The molecule has 8 nitrogen and oxygen atoms in total. The quantitative estimate of drug-likeness (QED) is 0.555. The fourth-order valence-corrected chi connectivity index (χ4v) is 6.23. The summed E-state index contributed by atoms with van der Waals surface area (Å²) in [6.45, 7) is 7.56. The van der Waals surface area contributed by atoms with Crippen LogP contribution in [0, 0.1) is 12.8 Å². The Morgan fingerprint density at radius 2 is 1.91 bits per heavy atom. The van der Waals surface area contributed by atoms with Gasteiger partial charge in [-0.1, -0.05) is 31.3 Å². The third kappa shape index (κ3) is 4.78. The number of aryl methyl sites for hydroxylation is 1. The summed E-state index contributed by atoms with van der Waals surface area (Å²) in [5.41, 5.74) is 3.40. The number of hydrogen-bond acceptors (Lipinski definition) is 6. The Morgan fingerprint density at radius 1 is 1.15 bits per heavy atom. The fraction of sp³-hybridized carbons (Fsp3) is 0.348. The molecule has 0 radical (unpaired) electrons. The molecule has 0 fully saturated rings. The summed E-state index contributed by atoms with van der Waals surface area (Å²) in [6, 6.07) is 9.54. The van der Waals surface area contributed by atoms with E-state index in [1.165, 1.54) is 24.3 Å². The van der Waals surface area contributed by atoms with Crippen molar-refractivity contribution in [2.24, 2.45) is 5.92 Å². The molecule has 2 N–H and O–H groups in total. The number of amides is 2. The van der Waals surface area contributed by atoms with Crippen LogP contribution in [0.1, 0.15) is 31.9 Å². The van der Waals surface area contributed by atoms with Crippen LogP contribution in [-0.2, 0) is 26.0 Å². The second-order valence-corrected chi connectivity index (χ2v) is 11.3. The van der Waals surface area contributed by atoms with Gasteiger partial charge in [0.25, 0.3) is 0 Å². The molecule has 33 heavy (non-hydrogen) atoms. The summed E-state index contributed by atoms with van der Waals surface area (Å²) < 4.78 is 29.7. The van der Waals surface area contributed by atoms with Crippen LogP contribution in [0.5, 0.6) is 0 Å². The largest absolute Gasteiger partial charge is 0.312 e. The van der Waals surface area contributed by atoms with E-state index >= 15 is 0 Å². The molecule has 0 spiro atoms. The lowest BCUT2D eigenvalue weighted by atomic mass is 10.1. The van der Waals surface area contributed by atoms with Gasteiger partial charge in [0.1, 0.15) is 6.04 Å². The van der Waals surface area contributed by atoms with Gasteiger partial charge >= 0.3 is 0 Å². The van der Waals surface area contributed by atoms with Crippen LogP contribution >= 0.6 is 11.3 Å². The van der Waals surface area contributed by atoms with E-state index < -0.39 is 22.0 Å². The number of anilines is 2. The highest BCUT2D eigenvalue weighted by Crippen LogP contribution is 2.31. The van der Waals surface area contributed by atoms with Crippen LogP contribution in [-0.4, -0.2) is 37.8 Å². The van der Waals surface area contributed by atoms with Gasteiger partial charge in [-0.25, -0.2) is 13.4 Å². The zero-order valence-electron chi connectivity index (χ0n) is 18.9. The van der Waals surface area contributed by atoms with E-state index in [2.05, 4.69) is 15.0 Å². The molecule has 174 valence electrons. The summed E-state index contributed by atoms with van der Waals surface area (Å²) in [6.07, 6.45) is 0.587. The number of sulfonamides is 1. The van der Waals surface area contributed by atoms with E-state index in [4.69, 9.17) is 0 Å². The van der Waals surface area contributed by atoms with Crippen LogP contribution in [0.2, 0.25) is 0 Å². The maximum Gasteiger partial charge on any atom is 0.244 e. The van der Waals surface area contributed by atoms with Crippen molar-refractivity contribution < 1.29 is 18.0 Å². The van der Waals surface area contributed by atoms with Gasteiger partial charge in [0.15, 0.2) is 5.13 Å². The Morgan fingerprint density at radius 3 is 2.61 bits per heavy atom. The Balaban J connectivity index is 1.54. The topological polar surface area (TPSA) is 108 Å². The van der Waals surface area contributed by atoms with E-state index in [-0.39, 0.29) is 16.7 Å². The highest BCUT2D eigenvalue weighted by molar-refractivity contribution is 7.89. The number of carbonyl (C=O) groups is 2. The van der Waals surface area contributed by atoms with Crippen LogP contribution in [0.15, 0.2) is 41.3 Å². The fourth-order valence-electron chi connectivity index (χ4n) is 3.87. The van der Waals surface area contributed by atoms with Gasteiger partial charge in [0.2, 0.25) is 21.8 Å². The molecule has 4 rings (SSSR count). The average Bonchev–Trinajstić information content (AvgIpc) is 3.34. The standard InChI is InChI=1S/C23H26N4O4S2/c1-13(2)21(22(29)25-23-24-18-7-5-14(3)11-20(18)32-23)26-33(30,31)17-6-8-19-16(12-17)9-10-27(19)15(4)28/h5-8,11-13,21,26H,9-10H2,1-4H3,(H,24,25,29)/t21-/m0/s1.